The predicted octanol–water partition coefficient (Wildman–Crippen LogP) is 0.660. The van der Waals surface area contributed by atoms with E-state index < -0.39 is 0 Å². The number of hydrogen-bond donors (Lipinski definition) is 1. The van der Waals surface area contributed by atoms with E-state index in [9.17, 15) is 9.59 Å². The fourth-order valence-electron chi connectivity index (χ4n) is 3.59. The van der Waals surface area contributed by atoms with Gasteiger partial charge < -0.3 is 20.0 Å². The van der Waals surface area contributed by atoms with Crippen LogP contribution in [-0.2, 0) is 9.59 Å². The van der Waals surface area contributed by atoms with E-state index in [0.717, 1.165) is 44.7 Å². The van der Waals surface area contributed by atoms with Crippen molar-refractivity contribution < 1.29 is 9.59 Å². The first-order chi connectivity index (χ1) is 12.0. The fourth-order valence-corrected chi connectivity index (χ4v) is 3.59. The molecule has 0 unspecified atom stereocenters. The highest BCUT2D eigenvalue weighted by Gasteiger charge is 2.36. The van der Waals surface area contributed by atoms with Gasteiger partial charge in [0.2, 0.25) is 11.8 Å². The van der Waals surface area contributed by atoms with Crippen LogP contribution in [0, 0.1) is 0 Å². The summed E-state index contributed by atoms with van der Waals surface area (Å²) in [5, 5.41) is 3.53. The van der Waals surface area contributed by atoms with Crippen molar-refractivity contribution in [3.05, 3.63) is 0 Å². The van der Waals surface area contributed by atoms with Gasteiger partial charge in [0, 0.05) is 39.3 Å². The summed E-state index contributed by atoms with van der Waals surface area (Å²) in [6, 6.07) is 0.871. The van der Waals surface area contributed by atoms with Gasteiger partial charge in [0.1, 0.15) is 6.54 Å². The van der Waals surface area contributed by atoms with Gasteiger partial charge in [-0.2, -0.15) is 0 Å². The molecular weight excluding hydrogens is 318 g/mol. The molecular formula is C18H31N5O2. The Morgan fingerprint density at radius 1 is 1.16 bits per heavy atom. The number of nitrogens with one attached hydrogen (secondary N) is 1. The lowest BCUT2D eigenvalue weighted by Crippen LogP contribution is -2.57. The Balaban J connectivity index is 1.65. The Labute approximate surface area is 150 Å². The first kappa shape index (κ1) is 18.0. The number of piperazine rings is 1. The van der Waals surface area contributed by atoms with Crippen molar-refractivity contribution in [3.63, 3.8) is 0 Å². The van der Waals surface area contributed by atoms with Gasteiger partial charge in [0.25, 0.3) is 0 Å². The molecule has 0 radical (unpaired) electrons. The summed E-state index contributed by atoms with van der Waals surface area (Å²) in [5.41, 5.74) is 0. The lowest BCUT2D eigenvalue weighted by atomic mass is 9.96. The average molecular weight is 349 g/mol. The van der Waals surface area contributed by atoms with Gasteiger partial charge in [0.05, 0.1) is 6.54 Å². The SMILES string of the molecule is CN(C)C(=O)CN=C(NC1CCCCC1)N1CCN(C2CC2)C(=O)C1. The zero-order valence-electron chi connectivity index (χ0n) is 15.5. The van der Waals surface area contributed by atoms with Crippen LogP contribution in [0.1, 0.15) is 44.9 Å². The number of carbonyl (C=O) groups excluding carboxylic acids is 2. The molecule has 1 aliphatic heterocycles. The molecule has 7 nitrogen and oxygen atoms in total. The standard InChI is InChI=1S/C18H31N5O2/c1-21(2)16(24)12-19-18(20-14-6-4-3-5-7-14)22-10-11-23(15-8-9-15)17(25)13-22/h14-15H,3-13H2,1-2H3,(H,19,20). The number of amides is 2. The maximum absolute atomic E-state index is 12.5. The van der Waals surface area contributed by atoms with Crippen LogP contribution in [-0.4, -0.2) is 84.8 Å². The van der Waals surface area contributed by atoms with E-state index in [1.54, 1.807) is 19.0 Å². The number of likely N-dealkylation sites (N-methyl/N-ethyl adjacent to an activating group) is 1. The molecule has 2 aliphatic carbocycles. The average Bonchev–Trinajstić information content (AvgIpc) is 3.44. The topological polar surface area (TPSA) is 68.2 Å². The first-order valence-electron chi connectivity index (χ1n) is 9.60. The largest absolute Gasteiger partial charge is 0.353 e. The van der Waals surface area contributed by atoms with Gasteiger partial charge >= 0.3 is 0 Å². The Bertz CT molecular complexity index is 524. The third-order valence-electron chi connectivity index (χ3n) is 5.35. The van der Waals surface area contributed by atoms with Gasteiger partial charge in [-0.1, -0.05) is 19.3 Å². The Morgan fingerprint density at radius 3 is 2.48 bits per heavy atom. The summed E-state index contributed by atoms with van der Waals surface area (Å²) in [6.07, 6.45) is 8.32. The Morgan fingerprint density at radius 2 is 1.88 bits per heavy atom. The van der Waals surface area contributed by atoms with Crippen LogP contribution in [0.2, 0.25) is 0 Å². The van der Waals surface area contributed by atoms with E-state index in [-0.39, 0.29) is 18.4 Å². The van der Waals surface area contributed by atoms with Crippen molar-refractivity contribution in [1.29, 1.82) is 0 Å². The number of carbonyl (C=O) groups is 2. The van der Waals surface area contributed by atoms with E-state index in [2.05, 4.69) is 10.3 Å². The van der Waals surface area contributed by atoms with E-state index in [1.807, 2.05) is 9.80 Å². The zero-order valence-corrected chi connectivity index (χ0v) is 15.5. The van der Waals surface area contributed by atoms with Crippen molar-refractivity contribution >= 4 is 17.8 Å². The number of rotatable bonds is 4. The smallest absolute Gasteiger partial charge is 0.243 e. The molecule has 1 heterocycles. The lowest BCUT2D eigenvalue weighted by molar-refractivity contribution is -0.135. The molecule has 0 bridgehead atoms. The fraction of sp³-hybridized carbons (Fsp3) is 0.833. The van der Waals surface area contributed by atoms with Crippen molar-refractivity contribution in [2.24, 2.45) is 4.99 Å². The highest BCUT2D eigenvalue weighted by molar-refractivity contribution is 5.89. The minimum atomic E-state index is -0.0223. The molecule has 3 rings (SSSR count). The third-order valence-corrected chi connectivity index (χ3v) is 5.35. The Kier molecular flexibility index (Phi) is 5.81. The maximum Gasteiger partial charge on any atom is 0.243 e. The van der Waals surface area contributed by atoms with Crippen LogP contribution >= 0.6 is 0 Å². The van der Waals surface area contributed by atoms with Crippen molar-refractivity contribution in [3.8, 4) is 0 Å². The van der Waals surface area contributed by atoms with Crippen molar-refractivity contribution in [2.45, 2.75) is 57.0 Å². The van der Waals surface area contributed by atoms with Crippen molar-refractivity contribution in [1.82, 2.24) is 20.0 Å². The zero-order chi connectivity index (χ0) is 17.8. The van der Waals surface area contributed by atoms with Gasteiger partial charge in [-0.05, 0) is 25.7 Å². The van der Waals surface area contributed by atoms with Gasteiger partial charge in [0.15, 0.2) is 5.96 Å². The third kappa shape index (κ3) is 4.86. The van der Waals surface area contributed by atoms with Crippen LogP contribution in [0.4, 0.5) is 0 Å². The summed E-state index contributed by atoms with van der Waals surface area (Å²) in [6.45, 7) is 2.04. The highest BCUT2D eigenvalue weighted by atomic mass is 16.2. The molecule has 25 heavy (non-hydrogen) atoms. The minimum absolute atomic E-state index is 0.0223. The van der Waals surface area contributed by atoms with Crippen molar-refractivity contribution in [2.75, 3.05) is 40.3 Å². The quantitative estimate of drug-likeness (QED) is 0.598. The predicted molar refractivity (Wildman–Crippen MR) is 97.3 cm³/mol. The number of aliphatic imine (C=N–C) groups is 1. The number of hydrogen-bond acceptors (Lipinski definition) is 3. The second-order valence-electron chi connectivity index (χ2n) is 7.65. The first-order valence-corrected chi connectivity index (χ1v) is 9.60. The second-order valence-corrected chi connectivity index (χ2v) is 7.65. The molecule has 0 spiro atoms. The highest BCUT2D eigenvalue weighted by Crippen LogP contribution is 2.28. The maximum atomic E-state index is 12.5. The van der Waals surface area contributed by atoms with Crippen LogP contribution in [0.25, 0.3) is 0 Å². The van der Waals surface area contributed by atoms with Crippen LogP contribution in [0.5, 0.6) is 0 Å². The molecule has 7 heteroatoms. The molecule has 1 saturated heterocycles. The Hall–Kier alpha value is -1.79. The van der Waals surface area contributed by atoms with Crippen LogP contribution < -0.4 is 5.32 Å². The van der Waals surface area contributed by atoms with E-state index in [1.165, 1.54) is 19.3 Å². The second kappa shape index (κ2) is 8.06. The van der Waals surface area contributed by atoms with Crippen LogP contribution in [0.3, 0.4) is 0 Å². The molecule has 1 N–H and O–H groups in total. The normalized spacial score (nSPS) is 23.0. The van der Waals surface area contributed by atoms with E-state index >= 15 is 0 Å². The van der Waals surface area contributed by atoms with E-state index in [4.69, 9.17) is 0 Å². The van der Waals surface area contributed by atoms with E-state index in [0.29, 0.717) is 18.6 Å². The number of guanidine groups is 1. The van der Waals surface area contributed by atoms with Gasteiger partial charge in [-0.3, -0.25) is 9.59 Å². The summed E-state index contributed by atoms with van der Waals surface area (Å²) < 4.78 is 0. The summed E-state index contributed by atoms with van der Waals surface area (Å²) in [5.74, 6) is 0.891. The summed E-state index contributed by atoms with van der Waals surface area (Å²) >= 11 is 0. The summed E-state index contributed by atoms with van der Waals surface area (Å²) in [7, 11) is 3.48. The monoisotopic (exact) mass is 349 g/mol. The van der Waals surface area contributed by atoms with Gasteiger partial charge in [-0.25, -0.2) is 4.99 Å². The molecule has 2 saturated carbocycles. The minimum Gasteiger partial charge on any atom is -0.353 e. The van der Waals surface area contributed by atoms with Gasteiger partial charge in [-0.15, -0.1) is 0 Å². The molecule has 140 valence electrons. The van der Waals surface area contributed by atoms with Crippen LogP contribution in [0.15, 0.2) is 4.99 Å². The molecule has 2 amide bonds. The molecule has 0 atom stereocenters. The number of nitrogens with zero attached hydrogens (tertiary/aromatic N) is 4. The summed E-state index contributed by atoms with van der Waals surface area (Å²) in [4.78, 5) is 34.5. The molecule has 0 aromatic heterocycles. The lowest BCUT2D eigenvalue weighted by Gasteiger charge is -2.37. The molecule has 3 fully saturated rings. The molecule has 3 aliphatic rings. The molecule has 0 aromatic rings. The molecule has 0 aromatic carbocycles.